The van der Waals surface area contributed by atoms with Crippen LogP contribution in [0.1, 0.15) is 10.4 Å². The van der Waals surface area contributed by atoms with Crippen LogP contribution in [0.15, 0.2) is 70.9 Å². The van der Waals surface area contributed by atoms with Crippen molar-refractivity contribution in [3.8, 4) is 5.75 Å². The van der Waals surface area contributed by atoms with Gasteiger partial charge in [-0.2, -0.15) is 0 Å². The van der Waals surface area contributed by atoms with E-state index in [-0.39, 0.29) is 23.0 Å². The number of methoxy groups -OCH3 is 1. The van der Waals surface area contributed by atoms with Crippen LogP contribution in [0.4, 0.5) is 5.69 Å². The molecule has 0 saturated heterocycles. The molecule has 1 amide bonds. The van der Waals surface area contributed by atoms with E-state index in [1.165, 1.54) is 13.2 Å². The number of carbonyl (C=O) groups is 1. The molecule has 3 rings (SSSR count). The van der Waals surface area contributed by atoms with E-state index in [9.17, 15) is 13.2 Å². The molecule has 1 aromatic heterocycles. The number of para-hydroxylation sites is 1. The molecule has 2 N–H and O–H groups in total. The summed E-state index contributed by atoms with van der Waals surface area (Å²) in [5.74, 6) is 0.185. The second kappa shape index (κ2) is 8.90. The van der Waals surface area contributed by atoms with E-state index in [0.717, 1.165) is 10.4 Å². The first-order chi connectivity index (χ1) is 13.5. The van der Waals surface area contributed by atoms with Gasteiger partial charge in [-0.15, -0.1) is 11.3 Å². The monoisotopic (exact) mass is 416 g/mol. The summed E-state index contributed by atoms with van der Waals surface area (Å²) in [4.78, 5) is 13.2. The average molecular weight is 417 g/mol. The number of thiophene rings is 1. The Labute approximate surface area is 168 Å². The maximum atomic E-state index is 12.6. The van der Waals surface area contributed by atoms with Gasteiger partial charge in [-0.05, 0) is 41.3 Å². The molecular weight excluding hydrogens is 396 g/mol. The number of benzene rings is 2. The normalized spacial score (nSPS) is 11.0. The second-order valence-electron chi connectivity index (χ2n) is 5.99. The first-order valence-corrected chi connectivity index (χ1v) is 10.9. The molecule has 0 spiro atoms. The predicted octanol–water partition coefficient (Wildman–Crippen LogP) is 3.42. The van der Waals surface area contributed by atoms with Crippen molar-refractivity contribution < 1.29 is 17.9 Å². The number of nitrogens with one attached hydrogen (secondary N) is 2. The van der Waals surface area contributed by atoms with Gasteiger partial charge >= 0.3 is 0 Å². The number of ether oxygens (including phenoxy) is 1. The number of hydrogen-bond donors (Lipinski definition) is 2. The van der Waals surface area contributed by atoms with Crippen molar-refractivity contribution in [2.24, 2.45) is 0 Å². The number of sulfonamides is 1. The summed E-state index contributed by atoms with van der Waals surface area (Å²) in [6.45, 7) is 0.507. The highest BCUT2D eigenvalue weighted by molar-refractivity contribution is 7.92. The molecular formula is C20H20N2O4S2. The molecule has 0 aliphatic heterocycles. The highest BCUT2D eigenvalue weighted by Gasteiger charge is 2.19. The molecule has 0 fully saturated rings. The molecule has 8 heteroatoms. The molecule has 2 aromatic carbocycles. The van der Waals surface area contributed by atoms with Crippen molar-refractivity contribution in [3.63, 3.8) is 0 Å². The first-order valence-electron chi connectivity index (χ1n) is 8.52. The van der Waals surface area contributed by atoms with Gasteiger partial charge in [-0.25, -0.2) is 8.42 Å². The Kier molecular flexibility index (Phi) is 6.33. The predicted molar refractivity (Wildman–Crippen MR) is 110 cm³/mol. The summed E-state index contributed by atoms with van der Waals surface area (Å²) in [6, 6.07) is 17.0. The van der Waals surface area contributed by atoms with Crippen molar-refractivity contribution in [2.45, 2.75) is 17.9 Å². The van der Waals surface area contributed by atoms with Crippen LogP contribution in [0.3, 0.4) is 0 Å². The molecule has 146 valence electrons. The minimum atomic E-state index is -3.78. The summed E-state index contributed by atoms with van der Waals surface area (Å²) in [6.07, 6.45) is 0.227. The number of rotatable bonds is 8. The highest BCUT2D eigenvalue weighted by atomic mass is 32.2. The van der Waals surface area contributed by atoms with Crippen LogP contribution in [0.5, 0.6) is 5.75 Å². The standard InChI is InChI=1S/C20H20N2O4S2/c1-26-18-6-2-3-7-19(18)28(24,25)22-16-10-8-15(9-11-16)13-20(23)21-14-17-5-4-12-27-17/h2-12,22H,13-14H2,1H3,(H,21,23). The van der Waals surface area contributed by atoms with Gasteiger partial charge in [0.1, 0.15) is 10.6 Å². The summed E-state index contributed by atoms with van der Waals surface area (Å²) in [7, 11) is -2.36. The van der Waals surface area contributed by atoms with E-state index in [4.69, 9.17) is 4.74 Å². The topological polar surface area (TPSA) is 84.5 Å². The van der Waals surface area contributed by atoms with Crippen molar-refractivity contribution in [1.82, 2.24) is 5.32 Å². The Morgan fingerprint density at radius 1 is 1.04 bits per heavy atom. The maximum Gasteiger partial charge on any atom is 0.265 e. The lowest BCUT2D eigenvalue weighted by Gasteiger charge is -2.12. The fraction of sp³-hybridized carbons (Fsp3) is 0.150. The molecule has 0 unspecified atom stereocenters. The van der Waals surface area contributed by atoms with E-state index in [1.807, 2.05) is 17.5 Å². The zero-order chi connectivity index (χ0) is 20.0. The van der Waals surface area contributed by atoms with Crippen LogP contribution in [0, 0.1) is 0 Å². The van der Waals surface area contributed by atoms with Crippen LogP contribution in [0.2, 0.25) is 0 Å². The van der Waals surface area contributed by atoms with Gasteiger partial charge in [-0.1, -0.05) is 30.3 Å². The lowest BCUT2D eigenvalue weighted by molar-refractivity contribution is -0.120. The van der Waals surface area contributed by atoms with Crippen molar-refractivity contribution >= 4 is 33.0 Å². The van der Waals surface area contributed by atoms with Gasteiger partial charge < -0.3 is 10.1 Å². The Morgan fingerprint density at radius 3 is 2.46 bits per heavy atom. The van der Waals surface area contributed by atoms with Crippen molar-refractivity contribution in [1.29, 1.82) is 0 Å². The zero-order valence-corrected chi connectivity index (χ0v) is 16.8. The largest absolute Gasteiger partial charge is 0.495 e. The van der Waals surface area contributed by atoms with Gasteiger partial charge in [0.05, 0.1) is 20.1 Å². The van der Waals surface area contributed by atoms with Gasteiger partial charge in [-0.3, -0.25) is 9.52 Å². The number of carbonyl (C=O) groups excluding carboxylic acids is 1. The lowest BCUT2D eigenvalue weighted by atomic mass is 10.1. The van der Waals surface area contributed by atoms with E-state index < -0.39 is 10.0 Å². The van der Waals surface area contributed by atoms with E-state index in [1.54, 1.807) is 53.8 Å². The summed E-state index contributed by atoms with van der Waals surface area (Å²) in [5, 5.41) is 4.83. The molecule has 0 radical (unpaired) electrons. The third-order valence-corrected chi connectivity index (χ3v) is 6.27. The van der Waals surface area contributed by atoms with Crippen LogP contribution in [-0.4, -0.2) is 21.4 Å². The molecule has 0 aliphatic rings. The molecule has 6 nitrogen and oxygen atoms in total. The number of amides is 1. The summed E-state index contributed by atoms with van der Waals surface area (Å²) < 4.78 is 32.8. The van der Waals surface area contributed by atoms with Gasteiger partial charge in [0.2, 0.25) is 5.91 Å². The van der Waals surface area contributed by atoms with Gasteiger partial charge in [0, 0.05) is 10.6 Å². The zero-order valence-electron chi connectivity index (χ0n) is 15.2. The van der Waals surface area contributed by atoms with Crippen LogP contribution < -0.4 is 14.8 Å². The third-order valence-electron chi connectivity index (χ3n) is 3.97. The van der Waals surface area contributed by atoms with Crippen LogP contribution in [-0.2, 0) is 27.8 Å². The van der Waals surface area contributed by atoms with Gasteiger partial charge in [0.15, 0.2) is 0 Å². The second-order valence-corrected chi connectivity index (χ2v) is 8.67. The summed E-state index contributed by atoms with van der Waals surface area (Å²) in [5.41, 5.74) is 1.21. The van der Waals surface area contributed by atoms with Crippen molar-refractivity contribution in [3.05, 3.63) is 76.5 Å². The molecule has 0 aliphatic carbocycles. The minimum absolute atomic E-state index is 0.0644. The Morgan fingerprint density at radius 2 is 1.79 bits per heavy atom. The molecule has 3 aromatic rings. The Bertz CT molecular complexity index is 1030. The quantitative estimate of drug-likeness (QED) is 0.589. The fourth-order valence-electron chi connectivity index (χ4n) is 2.59. The van der Waals surface area contributed by atoms with Crippen molar-refractivity contribution in [2.75, 3.05) is 11.8 Å². The van der Waals surface area contributed by atoms with E-state index in [0.29, 0.717) is 12.2 Å². The minimum Gasteiger partial charge on any atom is -0.495 e. The Hall–Kier alpha value is -2.84. The third kappa shape index (κ3) is 5.11. The Balaban J connectivity index is 1.61. The number of hydrogen-bond acceptors (Lipinski definition) is 5. The highest BCUT2D eigenvalue weighted by Crippen LogP contribution is 2.25. The van der Waals surface area contributed by atoms with E-state index in [2.05, 4.69) is 10.0 Å². The molecule has 0 atom stereocenters. The van der Waals surface area contributed by atoms with E-state index >= 15 is 0 Å². The number of anilines is 1. The fourth-order valence-corrected chi connectivity index (χ4v) is 4.46. The van der Waals surface area contributed by atoms with Gasteiger partial charge in [0.25, 0.3) is 10.0 Å². The molecule has 0 bridgehead atoms. The van der Waals surface area contributed by atoms with Crippen LogP contribution >= 0.6 is 11.3 Å². The SMILES string of the molecule is COc1ccccc1S(=O)(=O)Nc1ccc(CC(=O)NCc2cccs2)cc1. The molecule has 1 heterocycles. The molecule has 28 heavy (non-hydrogen) atoms. The molecule has 0 saturated carbocycles. The van der Waals surface area contributed by atoms with Crippen LogP contribution in [0.25, 0.3) is 0 Å². The lowest BCUT2D eigenvalue weighted by Crippen LogP contribution is -2.24. The summed E-state index contributed by atoms with van der Waals surface area (Å²) >= 11 is 1.59. The first kappa shape index (κ1) is 19.9. The smallest absolute Gasteiger partial charge is 0.265 e. The maximum absolute atomic E-state index is 12.6. The average Bonchev–Trinajstić information content (AvgIpc) is 3.21.